The monoisotopic (exact) mass is 386 g/mol. The molecule has 2 aromatic rings. The fourth-order valence-electron chi connectivity index (χ4n) is 1.79. The third kappa shape index (κ3) is 4.48. The second kappa shape index (κ2) is 7.27. The summed E-state index contributed by atoms with van der Waals surface area (Å²) in [7, 11) is 0. The molecule has 2 rings (SSSR count). The van der Waals surface area contributed by atoms with Crippen LogP contribution in [0.15, 0.2) is 48.5 Å². The summed E-state index contributed by atoms with van der Waals surface area (Å²) in [5, 5.41) is 0.757. The van der Waals surface area contributed by atoms with Gasteiger partial charge in [0.25, 0.3) is 0 Å². The van der Waals surface area contributed by atoms with Crippen molar-refractivity contribution in [1.82, 2.24) is 0 Å². The van der Waals surface area contributed by atoms with E-state index in [-0.39, 0.29) is 6.10 Å². The number of hydrogen-bond donors (Lipinski definition) is 0. The lowest BCUT2D eigenvalue weighted by atomic mass is 10.1. The van der Waals surface area contributed by atoms with Crippen molar-refractivity contribution in [2.24, 2.45) is 0 Å². The van der Waals surface area contributed by atoms with Gasteiger partial charge < -0.3 is 4.74 Å². The van der Waals surface area contributed by atoms with E-state index in [4.69, 9.17) is 16.3 Å². The maximum Gasteiger partial charge on any atom is 0.0918 e. The third-order valence-electron chi connectivity index (χ3n) is 2.95. The molecule has 0 bridgehead atoms. The predicted octanol–water partition coefficient (Wildman–Crippen LogP) is 5.34. The third-order valence-corrected chi connectivity index (χ3v) is 4.01. The Balaban J connectivity index is 1.99. The molecule has 1 nitrogen and oxygen atoms in total. The minimum absolute atomic E-state index is 0.136. The van der Waals surface area contributed by atoms with E-state index < -0.39 is 0 Å². The number of hydrogen-bond acceptors (Lipinski definition) is 1. The first kappa shape index (κ1) is 14.8. The summed E-state index contributed by atoms with van der Waals surface area (Å²) in [5.41, 5.74) is 3.65. The Hall–Kier alpha value is -0.580. The fraction of sp³-hybridized carbons (Fsp3) is 0.250. The van der Waals surface area contributed by atoms with Crippen LogP contribution in [0, 0.1) is 6.92 Å². The molecule has 0 radical (unpaired) electrons. The maximum atomic E-state index is 5.99. The normalized spacial score (nSPS) is 12.4. The first-order valence-corrected chi connectivity index (χ1v) is 8.08. The summed E-state index contributed by atoms with van der Waals surface area (Å²) in [4.78, 5) is 0. The molecular formula is C16H16ClIO. The van der Waals surface area contributed by atoms with Crippen LogP contribution in [0.3, 0.4) is 0 Å². The van der Waals surface area contributed by atoms with Crippen molar-refractivity contribution in [3.05, 3.63) is 70.2 Å². The molecule has 19 heavy (non-hydrogen) atoms. The Bertz CT molecular complexity index is 507. The molecule has 3 heteroatoms. The highest BCUT2D eigenvalue weighted by atomic mass is 127. The second-order valence-corrected chi connectivity index (χ2v) is 5.81. The molecule has 0 saturated heterocycles. The first-order valence-electron chi connectivity index (χ1n) is 6.17. The lowest BCUT2D eigenvalue weighted by molar-refractivity contribution is 0.0577. The predicted molar refractivity (Wildman–Crippen MR) is 89.0 cm³/mol. The van der Waals surface area contributed by atoms with Gasteiger partial charge in [0, 0.05) is 9.45 Å². The molecule has 0 aliphatic carbocycles. The van der Waals surface area contributed by atoms with E-state index in [2.05, 4.69) is 53.8 Å². The molecule has 0 aliphatic heterocycles. The van der Waals surface area contributed by atoms with Crippen LogP contribution >= 0.6 is 34.2 Å². The molecular weight excluding hydrogens is 371 g/mol. The summed E-state index contributed by atoms with van der Waals surface area (Å²) in [6.45, 7) is 2.70. The van der Waals surface area contributed by atoms with Crippen LogP contribution in [-0.4, -0.2) is 4.43 Å². The van der Waals surface area contributed by atoms with Crippen molar-refractivity contribution in [3.8, 4) is 0 Å². The topological polar surface area (TPSA) is 9.23 Å². The van der Waals surface area contributed by atoms with Crippen LogP contribution in [0.2, 0.25) is 5.02 Å². The number of halogens is 2. The van der Waals surface area contributed by atoms with Gasteiger partial charge in [0.15, 0.2) is 0 Å². The van der Waals surface area contributed by atoms with E-state index in [1.165, 1.54) is 11.1 Å². The van der Waals surface area contributed by atoms with Crippen molar-refractivity contribution >= 4 is 34.2 Å². The summed E-state index contributed by atoms with van der Waals surface area (Å²) in [6.07, 6.45) is 0.136. The Morgan fingerprint density at radius 1 is 1.05 bits per heavy atom. The maximum absolute atomic E-state index is 5.99. The van der Waals surface area contributed by atoms with Crippen LogP contribution in [0.4, 0.5) is 0 Å². The van der Waals surface area contributed by atoms with Crippen LogP contribution in [-0.2, 0) is 11.3 Å². The van der Waals surface area contributed by atoms with Crippen LogP contribution in [0.25, 0.3) is 0 Å². The van der Waals surface area contributed by atoms with Crippen molar-refractivity contribution < 1.29 is 4.74 Å². The largest absolute Gasteiger partial charge is 0.368 e. The van der Waals surface area contributed by atoms with E-state index in [9.17, 15) is 0 Å². The minimum atomic E-state index is 0.136. The number of alkyl halides is 1. The molecule has 1 unspecified atom stereocenters. The molecule has 1 atom stereocenters. The Kier molecular flexibility index (Phi) is 5.67. The number of ether oxygens (including phenoxy) is 1. The lowest BCUT2D eigenvalue weighted by Crippen LogP contribution is -2.06. The average molecular weight is 387 g/mol. The summed E-state index contributed by atoms with van der Waals surface area (Å²) in [6, 6.07) is 16.3. The molecule has 0 amide bonds. The molecule has 0 N–H and O–H groups in total. The van der Waals surface area contributed by atoms with E-state index in [1.807, 2.05) is 24.3 Å². The van der Waals surface area contributed by atoms with Gasteiger partial charge >= 0.3 is 0 Å². The zero-order chi connectivity index (χ0) is 13.7. The van der Waals surface area contributed by atoms with Gasteiger partial charge in [0.2, 0.25) is 0 Å². The average Bonchev–Trinajstić information content (AvgIpc) is 2.43. The molecule has 0 spiro atoms. The summed E-state index contributed by atoms with van der Waals surface area (Å²) in [5.74, 6) is 0. The van der Waals surface area contributed by atoms with E-state index in [0.717, 1.165) is 15.0 Å². The van der Waals surface area contributed by atoms with Crippen molar-refractivity contribution in [3.63, 3.8) is 0 Å². The number of aryl methyl sites for hydroxylation is 1. The van der Waals surface area contributed by atoms with Gasteiger partial charge in [0.05, 0.1) is 12.7 Å². The highest BCUT2D eigenvalue weighted by Gasteiger charge is 2.10. The van der Waals surface area contributed by atoms with Crippen molar-refractivity contribution in [1.29, 1.82) is 0 Å². The van der Waals surface area contributed by atoms with Crippen LogP contribution in [0.1, 0.15) is 22.8 Å². The fourth-order valence-corrected chi connectivity index (χ4v) is 2.68. The zero-order valence-electron chi connectivity index (χ0n) is 10.8. The van der Waals surface area contributed by atoms with E-state index in [1.54, 1.807) is 0 Å². The number of rotatable bonds is 5. The van der Waals surface area contributed by atoms with Gasteiger partial charge in [-0.1, -0.05) is 76.2 Å². The number of benzene rings is 2. The standard InChI is InChI=1S/C16H16ClIO/c1-12-2-6-14(7-3-12)16(10-18)19-11-13-4-8-15(17)9-5-13/h2-9,16H,10-11H2,1H3. The molecule has 0 aromatic heterocycles. The molecule has 0 aliphatic rings. The van der Waals surface area contributed by atoms with Gasteiger partial charge in [0.1, 0.15) is 0 Å². The molecule has 0 fully saturated rings. The Morgan fingerprint density at radius 3 is 2.26 bits per heavy atom. The van der Waals surface area contributed by atoms with Gasteiger partial charge in [-0.05, 0) is 30.2 Å². The Labute approximate surface area is 133 Å². The SMILES string of the molecule is Cc1ccc(C(CI)OCc2ccc(Cl)cc2)cc1. The van der Waals surface area contributed by atoms with Gasteiger partial charge in [-0.3, -0.25) is 0 Å². The minimum Gasteiger partial charge on any atom is -0.368 e. The Morgan fingerprint density at radius 2 is 1.68 bits per heavy atom. The lowest BCUT2D eigenvalue weighted by Gasteiger charge is -2.16. The van der Waals surface area contributed by atoms with E-state index >= 15 is 0 Å². The molecule has 0 heterocycles. The van der Waals surface area contributed by atoms with Crippen molar-refractivity contribution in [2.75, 3.05) is 4.43 Å². The molecule has 100 valence electrons. The summed E-state index contributed by atoms with van der Waals surface area (Å²) >= 11 is 8.23. The first-order chi connectivity index (χ1) is 9.19. The van der Waals surface area contributed by atoms with Gasteiger partial charge in [-0.15, -0.1) is 0 Å². The highest BCUT2D eigenvalue weighted by Crippen LogP contribution is 2.22. The smallest absolute Gasteiger partial charge is 0.0918 e. The zero-order valence-corrected chi connectivity index (χ0v) is 13.7. The highest BCUT2D eigenvalue weighted by molar-refractivity contribution is 14.1. The second-order valence-electron chi connectivity index (χ2n) is 4.49. The summed E-state index contributed by atoms with van der Waals surface area (Å²) < 4.78 is 6.93. The van der Waals surface area contributed by atoms with Gasteiger partial charge in [-0.25, -0.2) is 0 Å². The molecule has 0 saturated carbocycles. The van der Waals surface area contributed by atoms with Gasteiger partial charge in [-0.2, -0.15) is 0 Å². The van der Waals surface area contributed by atoms with Crippen molar-refractivity contribution in [2.45, 2.75) is 19.6 Å². The quantitative estimate of drug-likeness (QED) is 0.498. The molecule has 2 aromatic carbocycles. The van der Waals surface area contributed by atoms with E-state index in [0.29, 0.717) is 6.61 Å². The van der Waals surface area contributed by atoms with Crippen LogP contribution in [0.5, 0.6) is 0 Å². The van der Waals surface area contributed by atoms with Crippen LogP contribution < -0.4 is 0 Å².